The van der Waals surface area contributed by atoms with Crippen molar-refractivity contribution in [3.05, 3.63) is 65.7 Å². The van der Waals surface area contributed by atoms with Gasteiger partial charge in [0, 0.05) is 6.54 Å². The van der Waals surface area contributed by atoms with E-state index in [2.05, 4.69) is 5.32 Å². The van der Waals surface area contributed by atoms with Gasteiger partial charge >= 0.3 is 0 Å². The number of carbonyl (C=O) groups is 1. The molecule has 7 heteroatoms. The minimum atomic E-state index is -3.52. The van der Waals surface area contributed by atoms with Crippen molar-refractivity contribution < 1.29 is 17.9 Å². The van der Waals surface area contributed by atoms with Crippen LogP contribution in [0.3, 0.4) is 0 Å². The van der Waals surface area contributed by atoms with Gasteiger partial charge in [0.25, 0.3) is 0 Å². The maximum Gasteiger partial charge on any atom is 0.235 e. The normalized spacial score (nSPS) is 12.6. The summed E-state index contributed by atoms with van der Waals surface area (Å²) in [5.74, 6) is 0.407. The maximum atomic E-state index is 12.5. The first-order valence-corrected chi connectivity index (χ1v) is 10.6. The first-order chi connectivity index (χ1) is 12.8. The van der Waals surface area contributed by atoms with Gasteiger partial charge in [-0.2, -0.15) is 4.31 Å². The Kier molecular flexibility index (Phi) is 7.38. The number of hydrogen-bond acceptors (Lipinski definition) is 4. The van der Waals surface area contributed by atoms with E-state index in [0.29, 0.717) is 6.42 Å². The molecule has 146 valence electrons. The molecule has 1 atom stereocenters. The zero-order valence-corrected chi connectivity index (χ0v) is 16.7. The van der Waals surface area contributed by atoms with Crippen molar-refractivity contribution >= 4 is 15.9 Å². The van der Waals surface area contributed by atoms with Crippen molar-refractivity contribution in [2.45, 2.75) is 25.9 Å². The lowest BCUT2D eigenvalue weighted by atomic mass is 10.0. The molecule has 0 saturated carbocycles. The van der Waals surface area contributed by atoms with Gasteiger partial charge in [-0.3, -0.25) is 4.79 Å². The molecule has 0 fully saturated rings. The van der Waals surface area contributed by atoms with E-state index in [1.54, 1.807) is 7.11 Å². The first kappa shape index (κ1) is 20.9. The molecule has 6 nitrogen and oxygen atoms in total. The predicted octanol–water partition coefficient (Wildman–Crippen LogP) is 2.72. The summed E-state index contributed by atoms with van der Waals surface area (Å²) < 4.78 is 30.5. The highest BCUT2D eigenvalue weighted by Crippen LogP contribution is 2.20. The van der Waals surface area contributed by atoms with E-state index < -0.39 is 10.0 Å². The summed E-state index contributed by atoms with van der Waals surface area (Å²) >= 11 is 0. The van der Waals surface area contributed by atoms with Gasteiger partial charge in [0.15, 0.2) is 0 Å². The molecule has 1 N–H and O–H groups in total. The summed E-state index contributed by atoms with van der Waals surface area (Å²) in [5, 5.41) is 2.92. The SMILES string of the molecule is CC[C@H](NC(=O)CN(Cc1ccccc1)S(C)(=O)=O)c1ccc(OC)cc1. The number of sulfonamides is 1. The summed E-state index contributed by atoms with van der Waals surface area (Å²) in [6.07, 6.45) is 1.81. The van der Waals surface area contributed by atoms with E-state index in [-0.39, 0.29) is 25.0 Å². The van der Waals surface area contributed by atoms with Gasteiger partial charge in [-0.25, -0.2) is 8.42 Å². The van der Waals surface area contributed by atoms with Crippen LogP contribution in [0.1, 0.15) is 30.5 Å². The molecule has 0 aromatic heterocycles. The summed E-state index contributed by atoms with van der Waals surface area (Å²) in [6, 6.07) is 16.5. The fourth-order valence-corrected chi connectivity index (χ4v) is 3.47. The number of rotatable bonds is 9. The number of methoxy groups -OCH3 is 1. The fraction of sp³-hybridized carbons (Fsp3) is 0.350. The zero-order chi connectivity index (χ0) is 19.9. The van der Waals surface area contributed by atoms with E-state index in [1.165, 1.54) is 4.31 Å². The van der Waals surface area contributed by atoms with Crippen molar-refractivity contribution in [1.29, 1.82) is 0 Å². The fourth-order valence-electron chi connectivity index (χ4n) is 2.73. The molecule has 27 heavy (non-hydrogen) atoms. The predicted molar refractivity (Wildman–Crippen MR) is 106 cm³/mol. The van der Waals surface area contributed by atoms with Crippen LogP contribution in [0.2, 0.25) is 0 Å². The third-order valence-corrected chi connectivity index (χ3v) is 5.45. The van der Waals surface area contributed by atoms with Gasteiger partial charge in [0.1, 0.15) is 5.75 Å². The Bertz CT molecular complexity index is 836. The average Bonchev–Trinajstić information content (AvgIpc) is 2.66. The summed E-state index contributed by atoms with van der Waals surface area (Å²) in [5.41, 5.74) is 1.78. The van der Waals surface area contributed by atoms with Crippen LogP contribution in [0.4, 0.5) is 0 Å². The van der Waals surface area contributed by atoms with Crippen LogP contribution in [0.15, 0.2) is 54.6 Å². The van der Waals surface area contributed by atoms with E-state index in [1.807, 2.05) is 61.5 Å². The molecule has 1 amide bonds. The maximum absolute atomic E-state index is 12.5. The first-order valence-electron chi connectivity index (χ1n) is 8.75. The Balaban J connectivity index is 2.06. The lowest BCUT2D eigenvalue weighted by Crippen LogP contribution is -2.41. The molecular formula is C20H26N2O4S. The Morgan fingerprint density at radius 1 is 1.11 bits per heavy atom. The second-order valence-corrected chi connectivity index (χ2v) is 8.30. The van der Waals surface area contributed by atoms with Crippen molar-refractivity contribution in [2.75, 3.05) is 19.9 Å². The smallest absolute Gasteiger partial charge is 0.235 e. The highest BCUT2D eigenvalue weighted by molar-refractivity contribution is 7.88. The largest absolute Gasteiger partial charge is 0.497 e. The summed E-state index contributed by atoms with van der Waals surface area (Å²) in [6.45, 7) is 1.90. The lowest BCUT2D eigenvalue weighted by molar-refractivity contribution is -0.122. The molecule has 2 rings (SSSR count). The molecule has 0 heterocycles. The standard InChI is InChI=1S/C20H26N2O4S/c1-4-19(17-10-12-18(26-2)13-11-17)21-20(23)15-22(27(3,24)25)14-16-8-6-5-7-9-16/h5-13,19H,4,14-15H2,1-3H3,(H,21,23)/t19-/m0/s1. The van der Waals surface area contributed by atoms with Crippen LogP contribution < -0.4 is 10.1 Å². The Labute approximate surface area is 161 Å². The van der Waals surface area contributed by atoms with Gasteiger partial charge in [0.2, 0.25) is 15.9 Å². The Hall–Kier alpha value is -2.38. The molecule has 0 aliphatic rings. The van der Waals surface area contributed by atoms with E-state index in [0.717, 1.165) is 23.1 Å². The molecule has 0 saturated heterocycles. The number of benzene rings is 2. The van der Waals surface area contributed by atoms with Crippen molar-refractivity contribution in [1.82, 2.24) is 9.62 Å². The number of ether oxygens (including phenoxy) is 1. The van der Waals surface area contributed by atoms with Crippen molar-refractivity contribution in [3.63, 3.8) is 0 Å². The van der Waals surface area contributed by atoms with E-state index in [9.17, 15) is 13.2 Å². The third-order valence-electron chi connectivity index (χ3n) is 4.25. The number of carbonyl (C=O) groups excluding carboxylic acids is 1. The van der Waals surface area contributed by atoms with Crippen LogP contribution in [0.25, 0.3) is 0 Å². The molecule has 0 aliphatic heterocycles. The molecular weight excluding hydrogens is 364 g/mol. The second-order valence-electron chi connectivity index (χ2n) is 6.32. The molecule has 0 aliphatic carbocycles. The lowest BCUT2D eigenvalue weighted by Gasteiger charge is -2.22. The topological polar surface area (TPSA) is 75.7 Å². The monoisotopic (exact) mass is 390 g/mol. The van der Waals surface area contributed by atoms with Crippen molar-refractivity contribution in [3.8, 4) is 5.75 Å². The van der Waals surface area contributed by atoms with Crippen LogP contribution in [0.5, 0.6) is 5.75 Å². The average molecular weight is 391 g/mol. The zero-order valence-electron chi connectivity index (χ0n) is 15.9. The van der Waals surface area contributed by atoms with Gasteiger partial charge in [-0.15, -0.1) is 0 Å². The quantitative estimate of drug-likeness (QED) is 0.714. The number of hydrogen-bond donors (Lipinski definition) is 1. The number of nitrogens with one attached hydrogen (secondary N) is 1. The van der Waals surface area contributed by atoms with Crippen LogP contribution in [-0.4, -0.2) is 38.5 Å². The Morgan fingerprint density at radius 2 is 1.74 bits per heavy atom. The van der Waals surface area contributed by atoms with Gasteiger partial charge in [-0.1, -0.05) is 49.4 Å². The van der Waals surface area contributed by atoms with E-state index >= 15 is 0 Å². The van der Waals surface area contributed by atoms with E-state index in [4.69, 9.17) is 4.74 Å². The minimum absolute atomic E-state index is 0.159. The second kappa shape index (κ2) is 9.53. The van der Waals surface area contributed by atoms with Crippen LogP contribution >= 0.6 is 0 Å². The number of amides is 1. The summed E-state index contributed by atoms with van der Waals surface area (Å²) in [7, 11) is -1.92. The molecule has 0 bridgehead atoms. The van der Waals surface area contributed by atoms with Gasteiger partial charge in [-0.05, 0) is 29.7 Å². The number of nitrogens with zero attached hydrogens (tertiary/aromatic N) is 1. The summed E-state index contributed by atoms with van der Waals surface area (Å²) in [4.78, 5) is 12.5. The highest BCUT2D eigenvalue weighted by Gasteiger charge is 2.22. The molecule has 2 aromatic carbocycles. The van der Waals surface area contributed by atoms with Crippen molar-refractivity contribution in [2.24, 2.45) is 0 Å². The molecule has 0 radical (unpaired) electrons. The third kappa shape index (κ3) is 6.37. The minimum Gasteiger partial charge on any atom is -0.497 e. The molecule has 2 aromatic rings. The molecule has 0 unspecified atom stereocenters. The molecule has 0 spiro atoms. The Morgan fingerprint density at radius 3 is 2.26 bits per heavy atom. The van der Waals surface area contributed by atoms with Gasteiger partial charge < -0.3 is 10.1 Å². The highest BCUT2D eigenvalue weighted by atomic mass is 32.2. The van der Waals surface area contributed by atoms with Crippen LogP contribution in [0, 0.1) is 0 Å². The van der Waals surface area contributed by atoms with Gasteiger partial charge in [0.05, 0.1) is 26.0 Å². The van der Waals surface area contributed by atoms with Crippen LogP contribution in [-0.2, 0) is 21.4 Å².